The first-order chi connectivity index (χ1) is 6.30. The van der Waals surface area contributed by atoms with Crippen LogP contribution in [-0.4, -0.2) is 7.85 Å². The second-order valence-corrected chi connectivity index (χ2v) is 8.79. The quantitative estimate of drug-likeness (QED) is 0.435. The third-order valence-electron chi connectivity index (χ3n) is 6.21. The van der Waals surface area contributed by atoms with Crippen molar-refractivity contribution in [2.75, 3.05) is 0 Å². The van der Waals surface area contributed by atoms with E-state index < -0.39 is 0 Å². The van der Waals surface area contributed by atoms with Crippen LogP contribution in [0.3, 0.4) is 0 Å². The zero-order valence-electron chi connectivity index (χ0n) is 7.24. The van der Waals surface area contributed by atoms with Crippen LogP contribution in [0.1, 0.15) is 6.42 Å². The minimum absolute atomic E-state index is 1.09. The molecule has 6 aliphatic rings. The molecule has 2 heteroatoms. The zero-order chi connectivity index (χ0) is 8.48. The summed E-state index contributed by atoms with van der Waals surface area (Å²) < 4.78 is 2.19. The van der Waals surface area contributed by atoms with Gasteiger partial charge in [-0.1, -0.05) is 45.2 Å². The van der Waals surface area contributed by atoms with Gasteiger partial charge in [0.15, 0.2) is 0 Å². The van der Waals surface area contributed by atoms with Gasteiger partial charge in [0, 0.05) is 7.85 Å². The molecule has 6 aliphatic carbocycles. The summed E-state index contributed by atoms with van der Waals surface area (Å²) >= 11 is 5.61. The molecule has 0 N–H and O–H groups in total. The molecule has 0 heterocycles. The fourth-order valence-electron chi connectivity index (χ4n) is 6.45. The van der Waals surface area contributed by atoms with Crippen molar-refractivity contribution in [3.05, 3.63) is 0 Å². The van der Waals surface area contributed by atoms with E-state index >= 15 is 0 Å². The van der Waals surface area contributed by atoms with E-state index in [4.69, 9.17) is 0 Å². The highest BCUT2D eigenvalue weighted by atomic mass is 127. The number of rotatable bonds is 0. The Kier molecular flexibility index (Phi) is 1.17. The summed E-state index contributed by atoms with van der Waals surface area (Å²) in [5, 5.41) is 0. The Balaban J connectivity index is 1.86. The first kappa shape index (κ1) is 7.69. The van der Waals surface area contributed by atoms with Gasteiger partial charge in [-0.2, -0.15) is 0 Å². The Morgan fingerprint density at radius 2 is 1.08 bits per heavy atom. The molecule has 0 saturated heterocycles. The van der Waals surface area contributed by atoms with Gasteiger partial charge in [0.1, 0.15) is 0 Å². The maximum atomic E-state index is 2.81. The van der Waals surface area contributed by atoms with Crippen molar-refractivity contribution < 1.29 is 0 Å². The van der Waals surface area contributed by atoms with Crippen LogP contribution < -0.4 is 0 Å². The Hall–Kier alpha value is 1.46. The standard InChI is InChI=1S/C11H12I2/c12-10-6-2-1-3-5(6)9-8(10)4(2)7(3)11(9)13/h2-11H,1H2/t2-,3+,4-,5-,6-,7+,8+,9+,10+,11-/m0/s1. The smallest absolute Gasteiger partial charge is 0.0178 e. The van der Waals surface area contributed by atoms with E-state index in [1.807, 2.05) is 0 Å². The van der Waals surface area contributed by atoms with Gasteiger partial charge in [-0.3, -0.25) is 0 Å². The Bertz CT molecular complexity index is 281. The lowest BCUT2D eigenvalue weighted by molar-refractivity contribution is 0.132. The van der Waals surface area contributed by atoms with Gasteiger partial charge in [0.05, 0.1) is 0 Å². The van der Waals surface area contributed by atoms with Crippen LogP contribution in [0.5, 0.6) is 0 Å². The SMILES string of the molecule is I[C@@H]1[C@H]2[C@@H]3[C@H](I)[C@H]4[C@H]5C[C@H]([C@H]24)[C@@H]1[C@H]53. The van der Waals surface area contributed by atoms with Crippen molar-refractivity contribution in [2.45, 2.75) is 14.3 Å². The van der Waals surface area contributed by atoms with Gasteiger partial charge in [-0.25, -0.2) is 0 Å². The van der Waals surface area contributed by atoms with Crippen LogP contribution >= 0.6 is 45.2 Å². The Morgan fingerprint density at radius 3 is 1.54 bits per heavy atom. The molecule has 6 bridgehead atoms. The van der Waals surface area contributed by atoms with Gasteiger partial charge in [0.25, 0.3) is 0 Å². The second kappa shape index (κ2) is 1.98. The molecule has 10 atom stereocenters. The minimum atomic E-state index is 1.09. The molecule has 6 rings (SSSR count). The van der Waals surface area contributed by atoms with Crippen molar-refractivity contribution in [3.63, 3.8) is 0 Å². The second-order valence-electron chi connectivity index (χ2n) is 5.92. The average molecular weight is 398 g/mol. The predicted octanol–water partition coefficient (Wildman–Crippen LogP) is 2.98. The Labute approximate surface area is 106 Å². The fraction of sp³-hybridized carbons (Fsp3) is 1.00. The average Bonchev–Trinajstić information content (AvgIpc) is 2.78. The lowest BCUT2D eigenvalue weighted by Crippen LogP contribution is -2.30. The summed E-state index contributed by atoms with van der Waals surface area (Å²) in [5.74, 6) is 9.62. The lowest BCUT2D eigenvalue weighted by Gasteiger charge is -2.33. The maximum absolute atomic E-state index is 2.81. The van der Waals surface area contributed by atoms with Crippen molar-refractivity contribution in [2.24, 2.45) is 47.3 Å². The molecule has 0 amide bonds. The number of hydrogen-bond acceptors (Lipinski definition) is 0. The first-order valence-electron chi connectivity index (χ1n) is 5.59. The summed E-state index contributed by atoms with van der Waals surface area (Å²) in [7, 11) is 0. The Morgan fingerprint density at radius 1 is 0.615 bits per heavy atom. The molecule has 0 nitrogen and oxygen atoms in total. The predicted molar refractivity (Wildman–Crippen MR) is 68.2 cm³/mol. The highest BCUT2D eigenvalue weighted by Gasteiger charge is 2.82. The summed E-state index contributed by atoms with van der Waals surface area (Å²) in [6.07, 6.45) is 1.65. The normalized spacial score (nSPS) is 85.4. The van der Waals surface area contributed by atoms with Crippen LogP contribution in [0.15, 0.2) is 0 Å². The van der Waals surface area contributed by atoms with E-state index in [0.717, 1.165) is 7.85 Å². The molecule has 0 spiro atoms. The van der Waals surface area contributed by atoms with E-state index in [-0.39, 0.29) is 0 Å². The van der Waals surface area contributed by atoms with Crippen LogP contribution in [0.25, 0.3) is 0 Å². The molecule has 0 aromatic rings. The molecular formula is C11H12I2. The molecular weight excluding hydrogens is 386 g/mol. The molecule has 0 unspecified atom stereocenters. The van der Waals surface area contributed by atoms with E-state index in [1.165, 1.54) is 47.3 Å². The zero-order valence-corrected chi connectivity index (χ0v) is 11.6. The summed E-state index contributed by atoms with van der Waals surface area (Å²) in [6, 6.07) is 0. The van der Waals surface area contributed by atoms with Gasteiger partial charge in [-0.15, -0.1) is 0 Å². The fourth-order valence-corrected chi connectivity index (χ4v) is 10.4. The van der Waals surface area contributed by atoms with Crippen molar-refractivity contribution >= 4 is 45.2 Å². The van der Waals surface area contributed by atoms with Crippen LogP contribution in [0.2, 0.25) is 0 Å². The molecule has 0 aromatic carbocycles. The molecule has 6 fully saturated rings. The largest absolute Gasteiger partial charge is 0.0820 e. The molecule has 0 aromatic heterocycles. The van der Waals surface area contributed by atoms with Crippen LogP contribution in [-0.2, 0) is 0 Å². The molecule has 13 heavy (non-hydrogen) atoms. The van der Waals surface area contributed by atoms with Gasteiger partial charge < -0.3 is 0 Å². The van der Waals surface area contributed by atoms with E-state index in [9.17, 15) is 0 Å². The van der Waals surface area contributed by atoms with E-state index in [0.29, 0.717) is 0 Å². The minimum Gasteiger partial charge on any atom is -0.0820 e. The number of alkyl halides is 2. The monoisotopic (exact) mass is 398 g/mol. The molecule has 0 radical (unpaired) electrons. The number of halogens is 2. The maximum Gasteiger partial charge on any atom is 0.0178 e. The molecule has 0 aliphatic heterocycles. The van der Waals surface area contributed by atoms with Crippen molar-refractivity contribution in [1.29, 1.82) is 0 Å². The van der Waals surface area contributed by atoms with Gasteiger partial charge in [-0.05, 0) is 53.8 Å². The third kappa shape index (κ3) is 0.535. The topological polar surface area (TPSA) is 0 Å². The summed E-state index contributed by atoms with van der Waals surface area (Å²) in [5.41, 5.74) is 0. The van der Waals surface area contributed by atoms with E-state index in [2.05, 4.69) is 45.2 Å². The van der Waals surface area contributed by atoms with Crippen molar-refractivity contribution in [3.8, 4) is 0 Å². The van der Waals surface area contributed by atoms with Crippen molar-refractivity contribution in [1.82, 2.24) is 0 Å². The van der Waals surface area contributed by atoms with E-state index in [1.54, 1.807) is 6.42 Å². The highest BCUT2D eigenvalue weighted by Crippen LogP contribution is 2.84. The van der Waals surface area contributed by atoms with Gasteiger partial charge in [0.2, 0.25) is 0 Å². The lowest BCUT2D eigenvalue weighted by atomic mass is 9.71. The number of hydrogen-bond donors (Lipinski definition) is 0. The first-order valence-corrected chi connectivity index (χ1v) is 8.08. The summed E-state index contributed by atoms with van der Waals surface area (Å²) in [4.78, 5) is 0. The molecule has 70 valence electrons. The van der Waals surface area contributed by atoms with Crippen LogP contribution in [0.4, 0.5) is 0 Å². The van der Waals surface area contributed by atoms with Gasteiger partial charge >= 0.3 is 0 Å². The summed E-state index contributed by atoms with van der Waals surface area (Å²) in [6.45, 7) is 0. The van der Waals surface area contributed by atoms with Crippen LogP contribution in [0, 0.1) is 47.3 Å². The third-order valence-corrected chi connectivity index (χ3v) is 9.54. The molecule has 6 saturated carbocycles. The highest BCUT2D eigenvalue weighted by molar-refractivity contribution is 14.1.